The van der Waals surface area contributed by atoms with Gasteiger partial charge in [0.2, 0.25) is 41.1 Å². The summed E-state index contributed by atoms with van der Waals surface area (Å²) in [6.45, 7) is 29.5. The van der Waals surface area contributed by atoms with Gasteiger partial charge in [0.05, 0.1) is 64.4 Å². The summed E-state index contributed by atoms with van der Waals surface area (Å²) in [5.41, 5.74) is 14.1. The van der Waals surface area contributed by atoms with Gasteiger partial charge < -0.3 is 79.4 Å². The third kappa shape index (κ3) is 31.9. The molecule has 2 saturated heterocycles. The molecule has 2 fully saturated rings. The molecule has 27 heteroatoms. The number of cyclic esters (lactones) is 2. The van der Waals surface area contributed by atoms with E-state index in [0.29, 0.717) is 51.4 Å². The number of carbonyl (C=O) groups is 9. The first-order chi connectivity index (χ1) is 62.3. The van der Waals surface area contributed by atoms with Gasteiger partial charge in [0, 0.05) is 41.9 Å². The van der Waals surface area contributed by atoms with E-state index in [9.17, 15) is 58.6 Å². The fraction of sp³-hybridized carbons (Fsp3) is 0.467. The summed E-state index contributed by atoms with van der Waals surface area (Å²) in [6.07, 6.45) is 0.407. The van der Waals surface area contributed by atoms with Gasteiger partial charge in [-0.1, -0.05) is 229 Å². The molecule has 0 spiro atoms. The minimum atomic E-state index is -1.82. The van der Waals surface area contributed by atoms with E-state index in [1.165, 1.54) is 5.48 Å². The fourth-order valence-electron chi connectivity index (χ4n) is 16.3. The number of rotatable bonds is 39. The second-order valence-electron chi connectivity index (χ2n) is 37.9. The van der Waals surface area contributed by atoms with E-state index < -0.39 is 142 Å². The average Bonchev–Trinajstić information content (AvgIpc) is 1.64. The molecule has 0 bridgehead atoms. The van der Waals surface area contributed by atoms with Gasteiger partial charge in [-0.2, -0.15) is 0 Å². The number of carbonyl (C=O) groups excluding carboxylic acids is 8. The van der Waals surface area contributed by atoms with Crippen LogP contribution < -0.4 is 46.3 Å². The van der Waals surface area contributed by atoms with Crippen molar-refractivity contribution in [1.82, 2.24) is 32.1 Å². The minimum Gasteiger partial charge on any atom is -0.497 e. The summed E-state index contributed by atoms with van der Waals surface area (Å²) in [4.78, 5) is 118. The van der Waals surface area contributed by atoms with Gasteiger partial charge in [-0.25, -0.2) is 19.9 Å². The quantitative estimate of drug-likeness (QED) is 0.00981. The number of esters is 2. The molecule has 27 nitrogen and oxygen atoms in total. The molecular weight excluding hydrogens is 1710 g/mol. The van der Waals surface area contributed by atoms with E-state index in [1.807, 2.05) is 188 Å². The highest BCUT2D eigenvalue weighted by molar-refractivity contribution is 5.94. The van der Waals surface area contributed by atoms with Crippen LogP contribution in [0.15, 0.2) is 188 Å². The molecular formula is C107H144N6O21. The SMILES string of the molecule is C.C.COCC(NC(=O)[C@@H](NC(=O)[C@H](CCCc1ccc(-c2cccc(OC)c2)c(C)c1)C(O)C(=O)NO)C(C)(C)C)c1ccccc1.COCC(NC(=O)[C@@H](NC(=O)[C@H](CCCc1ccc(-c2cccc(OC)c2)c(C)c1)C1OC(C)(C)OC1=O)C(C)(C)C)c1ccccc1.COc1cccc(-c2ccc(CCC[C@@H](C(=O)N[C@H](C(=O)O)C(C)(C)C)C3OC(C)(C)OC3=O)cc2C)c1. The summed E-state index contributed by atoms with van der Waals surface area (Å²) >= 11 is 0. The number of ether oxygens (including phenoxy) is 9. The first kappa shape index (κ1) is 111. The lowest BCUT2D eigenvalue weighted by atomic mass is 9.84. The monoisotopic (exact) mass is 1850 g/mol. The molecule has 2 aliphatic heterocycles. The maximum atomic E-state index is 14.1. The van der Waals surface area contributed by atoms with Crippen molar-refractivity contribution in [1.29, 1.82) is 0 Å². The van der Waals surface area contributed by atoms with Gasteiger partial charge in [0.1, 0.15) is 41.5 Å². The third-order valence-electron chi connectivity index (χ3n) is 23.4. The van der Waals surface area contributed by atoms with Gasteiger partial charge >= 0.3 is 17.9 Å². The molecule has 2 aliphatic rings. The largest absolute Gasteiger partial charge is 0.497 e. The first-order valence-electron chi connectivity index (χ1n) is 44.8. The first-order valence-corrected chi connectivity index (χ1v) is 44.8. The summed E-state index contributed by atoms with van der Waals surface area (Å²) < 4.78 is 49.3. The van der Waals surface area contributed by atoms with Crippen molar-refractivity contribution in [3.63, 3.8) is 0 Å². The van der Waals surface area contributed by atoms with Crippen molar-refractivity contribution in [2.45, 2.75) is 244 Å². The van der Waals surface area contributed by atoms with Gasteiger partial charge in [-0.05, 0) is 209 Å². The molecule has 0 saturated carbocycles. The number of amides is 6. The Balaban J connectivity index is 0.000000309. The predicted molar refractivity (Wildman–Crippen MR) is 518 cm³/mol. The Labute approximate surface area is 791 Å². The number of carboxylic acids is 1. The van der Waals surface area contributed by atoms with E-state index in [0.717, 1.165) is 95.1 Å². The Morgan fingerprint density at radius 3 is 1.01 bits per heavy atom. The van der Waals surface area contributed by atoms with E-state index in [2.05, 4.69) is 89.0 Å². The number of aliphatic carboxylic acids is 1. The van der Waals surface area contributed by atoms with Gasteiger partial charge in [-0.3, -0.25) is 34.0 Å². The Morgan fingerprint density at radius 2 is 0.724 bits per heavy atom. The van der Waals surface area contributed by atoms with Crippen molar-refractivity contribution in [3.8, 4) is 50.6 Å². The smallest absolute Gasteiger partial charge is 0.338 e. The lowest BCUT2D eigenvalue weighted by Gasteiger charge is -2.33. The number of hydrogen-bond donors (Lipinski definition) is 9. The van der Waals surface area contributed by atoms with Crippen LogP contribution in [-0.2, 0) is 90.8 Å². The van der Waals surface area contributed by atoms with E-state index in [1.54, 1.807) is 84.0 Å². The van der Waals surface area contributed by atoms with Gasteiger partial charge in [0.25, 0.3) is 5.91 Å². The van der Waals surface area contributed by atoms with Crippen LogP contribution in [0.1, 0.15) is 200 Å². The van der Waals surface area contributed by atoms with Crippen molar-refractivity contribution < 1.29 is 101 Å². The number of aryl methyl sites for hydroxylation is 6. The molecule has 8 aromatic carbocycles. The predicted octanol–water partition coefficient (Wildman–Crippen LogP) is 17.0. The highest BCUT2D eigenvalue weighted by atomic mass is 16.8. The highest BCUT2D eigenvalue weighted by Gasteiger charge is 2.51. The molecule has 8 aromatic rings. The number of methoxy groups -OCH3 is 5. The van der Waals surface area contributed by atoms with Crippen LogP contribution in [0, 0.1) is 54.8 Å². The van der Waals surface area contributed by atoms with Crippen molar-refractivity contribution in [2.24, 2.45) is 34.0 Å². The van der Waals surface area contributed by atoms with Crippen LogP contribution >= 0.6 is 0 Å². The fourth-order valence-corrected chi connectivity index (χ4v) is 16.3. The van der Waals surface area contributed by atoms with E-state index >= 15 is 0 Å². The van der Waals surface area contributed by atoms with Crippen molar-refractivity contribution in [3.05, 3.63) is 233 Å². The Hall–Kier alpha value is -11.9. The molecule has 0 aromatic heterocycles. The van der Waals surface area contributed by atoms with Crippen molar-refractivity contribution in [2.75, 3.05) is 48.8 Å². The summed E-state index contributed by atoms with van der Waals surface area (Å²) in [7, 11) is 8.05. The van der Waals surface area contributed by atoms with E-state index in [-0.39, 0.29) is 40.4 Å². The number of aliphatic hydroxyl groups excluding tert-OH is 1. The minimum absolute atomic E-state index is 0. The number of carboxylic acid groups (broad SMARTS) is 1. The number of aliphatic hydroxyl groups is 1. The van der Waals surface area contributed by atoms with Crippen LogP contribution in [0.3, 0.4) is 0 Å². The van der Waals surface area contributed by atoms with Crippen LogP contribution in [-0.4, -0.2) is 166 Å². The lowest BCUT2D eigenvalue weighted by Crippen LogP contribution is -2.57. The maximum Gasteiger partial charge on any atom is 0.338 e. The second-order valence-corrected chi connectivity index (χ2v) is 37.9. The topological polar surface area (TPSA) is 370 Å². The average molecular weight is 1850 g/mol. The van der Waals surface area contributed by atoms with Crippen LogP contribution in [0.25, 0.3) is 33.4 Å². The Kier molecular flexibility index (Phi) is 41.8. The van der Waals surface area contributed by atoms with E-state index in [4.69, 9.17) is 42.6 Å². The number of benzene rings is 8. The maximum absolute atomic E-state index is 14.1. The molecule has 9 N–H and O–H groups in total. The molecule has 10 rings (SSSR count). The normalized spacial score (nSPS) is 16.3. The number of hydrogen-bond acceptors (Lipinski definition) is 20. The Morgan fingerprint density at radius 1 is 0.403 bits per heavy atom. The van der Waals surface area contributed by atoms with Crippen LogP contribution in [0.5, 0.6) is 17.2 Å². The highest BCUT2D eigenvalue weighted by Crippen LogP contribution is 2.38. The van der Waals surface area contributed by atoms with Gasteiger partial charge in [-0.15, -0.1) is 0 Å². The molecule has 0 radical (unpaired) electrons. The van der Waals surface area contributed by atoms with Crippen LogP contribution in [0.2, 0.25) is 0 Å². The lowest BCUT2D eigenvalue weighted by molar-refractivity contribution is -0.164. The standard InChI is InChI=1S/C39H50N2O7.C36H47N3O7.C30H39NO7.2CH4/c1-25-22-26(20-21-30(25)28-17-13-18-29(23-28)46-8)14-12-19-31(33-37(44)48-39(5,6)47-33)35(42)41-34(38(2,3)4)36(43)40-32(24-45-7)27-15-10-9-11-16-27;1-23-20-24(18-19-28(23)26-15-11-16-27(21-26)46-6)12-10-17-29(31(40)34(42)39-44)33(41)38-32(36(2,3)4)35(43)37-30(22-45-5)25-13-8-7-9-14-25;1-18-16-19(14-15-22(18)20-11-9-12-21(17-20)36-7)10-8-13-23(24-28(35)38-30(5,6)37-24)26(32)31-25(27(33)34)29(2,3)4;;/h9-11,13,15-18,20-23,31-34H,12,14,19,24H2,1-8H3,(H,40,43)(H,41,42);7-9,11,13-16,18-21,29-32,40,44H,10,12,17,22H2,1-6H3,(H,37,43)(H,38,41)(H,39,42);9,11-12,14-17,23-25H,8,10,13H2,1-7H3,(H,31,32)(H,33,34);2*1H4/t31-,32?,33?,34-;29-,30?,31?,32-;23-,24?,25-;;/m111../s1. The summed E-state index contributed by atoms with van der Waals surface area (Å²) in [5, 5.41) is 44.1. The molecule has 2 heterocycles. The summed E-state index contributed by atoms with van der Waals surface area (Å²) in [5.74, 6) is -8.74. The molecule has 134 heavy (non-hydrogen) atoms. The number of nitrogens with one attached hydrogen (secondary N) is 6. The molecule has 6 amide bonds. The number of hydroxylamine groups is 1. The zero-order valence-electron chi connectivity index (χ0n) is 80.2. The van der Waals surface area contributed by atoms with Crippen LogP contribution in [0.4, 0.5) is 0 Å². The van der Waals surface area contributed by atoms with Gasteiger partial charge in [0.15, 0.2) is 12.2 Å². The third-order valence-corrected chi connectivity index (χ3v) is 23.4. The Bertz CT molecular complexity index is 5210. The molecule has 5 unspecified atom stereocenters. The zero-order valence-corrected chi connectivity index (χ0v) is 80.2. The second kappa shape index (κ2) is 50.5. The van der Waals surface area contributed by atoms with Crippen molar-refractivity contribution >= 4 is 53.4 Å². The molecule has 728 valence electrons. The summed E-state index contributed by atoms with van der Waals surface area (Å²) in [6, 6.07) is 57.4. The zero-order chi connectivity index (χ0) is 97.2. The molecule has 0 aliphatic carbocycles. The molecule has 11 atom stereocenters.